The molecule has 4 heteroatoms. The molecule has 3 aliphatic rings. The molecule has 4 nitrogen and oxygen atoms in total. The van der Waals surface area contributed by atoms with Crippen LogP contribution in [0.1, 0.15) is 126 Å². The lowest BCUT2D eigenvalue weighted by atomic mass is 9.74. The zero-order chi connectivity index (χ0) is 63.8. The highest BCUT2D eigenvalue weighted by atomic mass is 16.3. The fraction of sp³-hybridized carbons (Fsp3) is 0.236. The number of rotatable bonds is 12. The van der Waals surface area contributed by atoms with Crippen LogP contribution in [0.5, 0.6) is 0 Å². The first kappa shape index (κ1) is 57.9. The minimum Gasteiger partial charge on any atom is -0.396 e. The number of aliphatic hydroxyl groups excluding tert-OH is 4. The van der Waals surface area contributed by atoms with Gasteiger partial charge in [-0.05, 0) is 260 Å². The van der Waals surface area contributed by atoms with Crippen molar-refractivity contribution in [1.82, 2.24) is 0 Å². The van der Waals surface area contributed by atoms with Crippen molar-refractivity contribution < 1.29 is 20.4 Å². The molecule has 0 aliphatic heterocycles. The van der Waals surface area contributed by atoms with Crippen LogP contribution in [-0.4, -0.2) is 46.9 Å². The third-order valence-electron chi connectivity index (χ3n) is 22.7. The molecule has 3 aliphatic carbocycles. The van der Waals surface area contributed by atoms with Crippen molar-refractivity contribution in [1.29, 1.82) is 0 Å². The van der Waals surface area contributed by atoms with Crippen LogP contribution >= 0.6 is 0 Å². The van der Waals surface area contributed by atoms with Gasteiger partial charge >= 0.3 is 0 Å². The highest BCUT2D eigenvalue weighted by Crippen LogP contribution is 2.58. The topological polar surface area (TPSA) is 80.9 Å². The van der Waals surface area contributed by atoms with Crippen molar-refractivity contribution in [3.05, 3.63) is 251 Å². The number of aliphatic hydroxyl groups is 4. The Morgan fingerprint density at radius 2 is 0.548 bits per heavy atom. The maximum absolute atomic E-state index is 11.9. The first-order chi connectivity index (χ1) is 44.8. The Kier molecular flexibility index (Phi) is 12.8. The van der Waals surface area contributed by atoms with Crippen molar-refractivity contribution in [2.75, 3.05) is 26.4 Å². The lowest BCUT2D eigenvalue weighted by Gasteiger charge is -2.31. The molecule has 0 saturated carbocycles. The van der Waals surface area contributed by atoms with E-state index in [2.05, 4.69) is 262 Å². The molecule has 14 aromatic carbocycles. The third kappa shape index (κ3) is 8.37. The molecule has 2 unspecified atom stereocenters. The third-order valence-corrected chi connectivity index (χ3v) is 22.7. The second-order valence-corrected chi connectivity index (χ2v) is 30.2. The van der Waals surface area contributed by atoms with Gasteiger partial charge in [-0.25, -0.2) is 0 Å². The molecule has 17 rings (SSSR count). The molecule has 14 aromatic rings. The SMILES string of the molecule is CC(C)(C)c1cc2ccc3ccc(-c4ccc5c(c4)C(CO)(CCCO)c4cc(-c6ccc7c(c6)C(C)(C)c6cc(-c8ccc9c(c8)C(CO)(CCCO)c8cc(-c%10ccc%11ccc%12cc(C(C)(C)C)cc%13ccc%10c%11c%12%13)ccc8-9)ccc6-7)ccc4-5)c4ccc(c1)c2c34. The molecule has 93 heavy (non-hydrogen) atoms. The van der Waals surface area contributed by atoms with Gasteiger partial charge in [-0.3, -0.25) is 0 Å². The first-order valence-electron chi connectivity index (χ1n) is 33.6. The van der Waals surface area contributed by atoms with Crippen LogP contribution in [0.15, 0.2) is 206 Å². The van der Waals surface area contributed by atoms with Gasteiger partial charge in [0.25, 0.3) is 0 Å². The lowest BCUT2D eigenvalue weighted by molar-refractivity contribution is 0.197. The Labute approximate surface area is 545 Å². The Morgan fingerprint density at radius 1 is 0.280 bits per heavy atom. The quantitative estimate of drug-likeness (QED) is 0.0919. The molecule has 0 saturated heterocycles. The first-order valence-corrected chi connectivity index (χ1v) is 33.6. The van der Waals surface area contributed by atoms with Gasteiger partial charge in [0, 0.05) is 29.5 Å². The van der Waals surface area contributed by atoms with Crippen molar-refractivity contribution >= 4 is 64.6 Å². The Bertz CT molecular complexity index is 5080. The van der Waals surface area contributed by atoms with Crippen LogP contribution in [0, 0.1) is 0 Å². The van der Waals surface area contributed by atoms with E-state index in [0.717, 1.165) is 77.9 Å². The van der Waals surface area contributed by atoms with E-state index >= 15 is 0 Å². The lowest BCUT2D eigenvalue weighted by Crippen LogP contribution is -2.30. The van der Waals surface area contributed by atoms with Crippen molar-refractivity contribution in [3.63, 3.8) is 0 Å². The average Bonchev–Trinajstić information content (AvgIpc) is 1.72. The van der Waals surface area contributed by atoms with Gasteiger partial charge in [0.05, 0.1) is 13.2 Å². The summed E-state index contributed by atoms with van der Waals surface area (Å²) in [5, 5.41) is 59.9. The summed E-state index contributed by atoms with van der Waals surface area (Å²) in [6.07, 6.45) is 2.35. The van der Waals surface area contributed by atoms with Crippen molar-refractivity contribution in [2.24, 2.45) is 0 Å². The normalized spacial score (nSPS) is 17.1. The number of fused-ring (bicyclic) bond motifs is 9. The maximum atomic E-state index is 11.9. The van der Waals surface area contributed by atoms with Crippen LogP contribution in [0.3, 0.4) is 0 Å². The van der Waals surface area contributed by atoms with E-state index < -0.39 is 10.8 Å². The second-order valence-electron chi connectivity index (χ2n) is 30.2. The van der Waals surface area contributed by atoms with Crippen LogP contribution in [0.4, 0.5) is 0 Å². The highest BCUT2D eigenvalue weighted by Gasteiger charge is 2.45. The molecule has 0 bridgehead atoms. The Hall–Kier alpha value is -9.00. The Balaban J connectivity index is 0.698. The van der Waals surface area contributed by atoms with E-state index in [0.29, 0.717) is 25.7 Å². The molecule has 0 fully saturated rings. The molecule has 458 valence electrons. The summed E-state index contributed by atoms with van der Waals surface area (Å²) in [6.45, 7) is 18.3. The monoisotopic (exact) mass is 1210 g/mol. The molecule has 0 spiro atoms. The van der Waals surface area contributed by atoms with Crippen molar-refractivity contribution in [3.8, 4) is 77.9 Å². The average molecular weight is 1210 g/mol. The van der Waals surface area contributed by atoms with E-state index in [1.54, 1.807) is 0 Å². The zero-order valence-electron chi connectivity index (χ0n) is 54.6. The fourth-order valence-corrected chi connectivity index (χ4v) is 17.6. The molecule has 0 amide bonds. The van der Waals surface area contributed by atoms with Crippen molar-refractivity contribution in [2.45, 2.75) is 108 Å². The molecular weight excluding hydrogens is 1130 g/mol. The van der Waals surface area contributed by atoms with Gasteiger partial charge in [0.1, 0.15) is 0 Å². The molecule has 0 radical (unpaired) electrons. The van der Waals surface area contributed by atoms with Gasteiger partial charge in [0.15, 0.2) is 0 Å². The van der Waals surface area contributed by atoms with Gasteiger partial charge < -0.3 is 20.4 Å². The van der Waals surface area contributed by atoms with Gasteiger partial charge in [-0.1, -0.05) is 225 Å². The largest absolute Gasteiger partial charge is 0.396 e. The molecule has 0 aromatic heterocycles. The van der Waals surface area contributed by atoms with E-state index in [1.165, 1.54) is 109 Å². The zero-order valence-corrected chi connectivity index (χ0v) is 54.6. The van der Waals surface area contributed by atoms with Crippen LogP contribution in [-0.2, 0) is 27.1 Å². The van der Waals surface area contributed by atoms with E-state index in [1.807, 2.05) is 0 Å². The Morgan fingerprint density at radius 3 is 0.871 bits per heavy atom. The van der Waals surface area contributed by atoms with Gasteiger partial charge in [-0.2, -0.15) is 0 Å². The molecule has 2 atom stereocenters. The summed E-state index contributed by atoms with van der Waals surface area (Å²) in [5.41, 5.74) is 24.1. The summed E-state index contributed by atoms with van der Waals surface area (Å²) in [6, 6.07) is 78.2. The highest BCUT2D eigenvalue weighted by molar-refractivity contribution is 6.27. The van der Waals surface area contributed by atoms with E-state index in [9.17, 15) is 20.4 Å². The summed E-state index contributed by atoms with van der Waals surface area (Å²) < 4.78 is 0. The summed E-state index contributed by atoms with van der Waals surface area (Å²) in [4.78, 5) is 0. The summed E-state index contributed by atoms with van der Waals surface area (Å²) in [7, 11) is 0. The predicted octanol–water partition coefficient (Wildman–Crippen LogP) is 21.1. The predicted molar refractivity (Wildman–Crippen MR) is 390 cm³/mol. The maximum Gasteiger partial charge on any atom is 0.0569 e. The second kappa shape index (κ2) is 20.5. The van der Waals surface area contributed by atoms with Gasteiger partial charge in [-0.15, -0.1) is 0 Å². The summed E-state index contributed by atoms with van der Waals surface area (Å²) >= 11 is 0. The minimum atomic E-state index is -0.711. The van der Waals surface area contributed by atoms with Crippen LogP contribution in [0.25, 0.3) is 143 Å². The molecule has 4 N–H and O–H groups in total. The fourth-order valence-electron chi connectivity index (χ4n) is 17.6. The number of benzene rings is 14. The van der Waals surface area contributed by atoms with Crippen LogP contribution < -0.4 is 0 Å². The minimum absolute atomic E-state index is 0.0353. The number of hydrogen-bond donors (Lipinski definition) is 4. The summed E-state index contributed by atoms with van der Waals surface area (Å²) in [5.74, 6) is 0. The van der Waals surface area contributed by atoms with Crippen LogP contribution in [0.2, 0.25) is 0 Å². The van der Waals surface area contributed by atoms with E-state index in [4.69, 9.17) is 0 Å². The molecular formula is C89H78O4. The van der Waals surface area contributed by atoms with Gasteiger partial charge in [0.2, 0.25) is 0 Å². The molecule has 0 heterocycles. The smallest absolute Gasteiger partial charge is 0.0569 e. The van der Waals surface area contributed by atoms with E-state index in [-0.39, 0.29) is 42.7 Å². The standard InChI is InChI=1S/C89H78O4/c1-85(2,3)63-39-59-13-11-51-15-25-65(73-33-23-61(41-63)81(59)83(51)73)57-21-31-71-69-29-19-55(45-77(69)88(49-92,35-9-37-90)79(71)47-57)53-17-27-67-68-28-18-54(44-76(68)87(7,8)75(67)43-53)56-20-30-70-72-32-22-58(48-80(72)89(50-93,36-10-38-91)78(70)46-56)66-26-16-52-12-14-60-40-64(86(4,5)6)42-62-24-34-74(66)84(52)82(60)62/h11-34,39-48,90-93H,9-10,35-38,49-50H2,1-8H3. The number of hydrogen-bond acceptors (Lipinski definition) is 4.